The maximum Gasteiger partial charge on any atom is 0.189 e. The zero-order valence-corrected chi connectivity index (χ0v) is 8.76. The summed E-state index contributed by atoms with van der Waals surface area (Å²) in [6.07, 6.45) is 1.30. The molecular weight excluding hydrogens is 192 g/mol. The molecule has 0 aliphatic heterocycles. The van der Waals surface area contributed by atoms with Gasteiger partial charge in [-0.2, -0.15) is 0 Å². The first-order valence-electron chi connectivity index (χ1n) is 3.72. The highest BCUT2D eigenvalue weighted by molar-refractivity contribution is 6.29. The van der Waals surface area contributed by atoms with Gasteiger partial charge in [-0.25, -0.2) is 0 Å². The van der Waals surface area contributed by atoms with Crippen LogP contribution in [0.2, 0.25) is 0 Å². The lowest BCUT2D eigenvalue weighted by atomic mass is 10.1. The fourth-order valence-electron chi connectivity index (χ4n) is 0.782. The topological polar surface area (TPSA) is 70.5 Å². The number of methoxy groups -OCH3 is 2. The van der Waals surface area contributed by atoms with Crippen LogP contribution in [-0.4, -0.2) is 20.3 Å². The van der Waals surface area contributed by atoms with Gasteiger partial charge < -0.3 is 20.9 Å². The fourth-order valence-corrected chi connectivity index (χ4v) is 0.900. The van der Waals surface area contributed by atoms with Crippen molar-refractivity contribution in [3.8, 4) is 0 Å². The summed E-state index contributed by atoms with van der Waals surface area (Å²) >= 11 is 5.51. The highest BCUT2D eigenvalue weighted by Gasteiger charge is 2.10. The van der Waals surface area contributed by atoms with Crippen molar-refractivity contribution in [2.75, 3.05) is 14.2 Å². The van der Waals surface area contributed by atoms with E-state index in [0.717, 1.165) is 0 Å². The van der Waals surface area contributed by atoms with Gasteiger partial charge in [0, 0.05) is 12.7 Å². The van der Waals surface area contributed by atoms with E-state index in [1.165, 1.54) is 13.2 Å². The van der Waals surface area contributed by atoms with Crippen LogP contribution in [0.25, 0.3) is 0 Å². The molecule has 0 rings (SSSR count). The van der Waals surface area contributed by atoms with Crippen LogP contribution < -0.4 is 11.5 Å². The van der Waals surface area contributed by atoms with E-state index in [0.29, 0.717) is 5.57 Å². The molecule has 0 saturated heterocycles. The minimum Gasteiger partial charge on any atom is -0.482 e. The Kier molecular flexibility index (Phi) is 5.34. The summed E-state index contributed by atoms with van der Waals surface area (Å²) < 4.78 is 9.91. The summed E-state index contributed by atoms with van der Waals surface area (Å²) in [7, 11) is 3.03. The predicted octanol–water partition coefficient (Wildman–Crippen LogP) is 0.877. The molecule has 0 saturated carbocycles. The van der Waals surface area contributed by atoms with E-state index in [1.807, 2.05) is 6.92 Å². The molecule has 0 aromatic heterocycles. The first-order valence-corrected chi connectivity index (χ1v) is 4.09. The second kappa shape index (κ2) is 5.72. The van der Waals surface area contributed by atoms with Crippen molar-refractivity contribution >= 4 is 11.6 Å². The van der Waals surface area contributed by atoms with Gasteiger partial charge in [0.05, 0.1) is 18.4 Å². The minimum atomic E-state index is -0.211. The molecule has 0 fully saturated rings. The van der Waals surface area contributed by atoms with Crippen LogP contribution in [0, 0.1) is 0 Å². The van der Waals surface area contributed by atoms with E-state index in [-0.39, 0.29) is 17.1 Å². The van der Waals surface area contributed by atoms with Crippen LogP contribution >= 0.6 is 11.6 Å². The van der Waals surface area contributed by atoms with Gasteiger partial charge in [0.25, 0.3) is 0 Å². The van der Waals surface area contributed by atoms with Gasteiger partial charge in [-0.05, 0) is 13.0 Å². The van der Waals surface area contributed by atoms with Gasteiger partial charge >= 0.3 is 0 Å². The molecule has 0 radical (unpaired) electrons. The van der Waals surface area contributed by atoms with Crippen LogP contribution in [0.1, 0.15) is 6.92 Å². The molecule has 5 heteroatoms. The molecule has 76 valence electrons. The number of ether oxygens (including phenoxy) is 2. The van der Waals surface area contributed by atoms with E-state index < -0.39 is 0 Å². The third kappa shape index (κ3) is 4.05. The number of nitrogens with two attached hydrogens (primary N) is 2. The average Bonchev–Trinajstić information content (AvgIpc) is 2.11. The lowest BCUT2D eigenvalue weighted by Gasteiger charge is -2.13. The van der Waals surface area contributed by atoms with Crippen LogP contribution in [-0.2, 0) is 9.47 Å². The van der Waals surface area contributed by atoms with Crippen molar-refractivity contribution in [1.29, 1.82) is 0 Å². The van der Waals surface area contributed by atoms with E-state index in [2.05, 4.69) is 0 Å². The van der Waals surface area contributed by atoms with Crippen molar-refractivity contribution in [1.82, 2.24) is 0 Å². The van der Waals surface area contributed by atoms with Crippen molar-refractivity contribution in [3.05, 3.63) is 22.7 Å². The quantitative estimate of drug-likeness (QED) is 0.407. The molecule has 0 bridgehead atoms. The lowest BCUT2D eigenvalue weighted by molar-refractivity contribution is 0.142. The van der Waals surface area contributed by atoms with Crippen LogP contribution in [0.5, 0.6) is 0 Å². The van der Waals surface area contributed by atoms with Crippen LogP contribution in [0.3, 0.4) is 0 Å². The summed E-state index contributed by atoms with van der Waals surface area (Å²) in [5, 5.41) is 0.138. The van der Waals surface area contributed by atoms with Crippen molar-refractivity contribution in [2.24, 2.45) is 11.5 Å². The first kappa shape index (κ1) is 12.1. The third-order valence-corrected chi connectivity index (χ3v) is 1.70. The zero-order chi connectivity index (χ0) is 10.4. The monoisotopic (exact) mass is 206 g/mol. The normalized spacial score (nSPS) is 16.5. The van der Waals surface area contributed by atoms with Gasteiger partial charge in [-0.3, -0.25) is 0 Å². The first-order chi connectivity index (χ1) is 6.02. The second-order valence-electron chi connectivity index (χ2n) is 2.43. The molecule has 0 heterocycles. The van der Waals surface area contributed by atoms with E-state index in [1.54, 1.807) is 7.11 Å². The average molecular weight is 207 g/mol. The van der Waals surface area contributed by atoms with Crippen molar-refractivity contribution in [2.45, 2.75) is 13.0 Å². The summed E-state index contributed by atoms with van der Waals surface area (Å²) in [4.78, 5) is 0. The van der Waals surface area contributed by atoms with Crippen molar-refractivity contribution in [3.63, 3.8) is 0 Å². The standard InChI is InChI=1S/C8H15ClN2O2/c1-5(12-2)6(4-7(9)10)8(11)13-3/h4-5H,10-11H2,1-3H3/b7-4-,8-6-. The van der Waals surface area contributed by atoms with Gasteiger partial charge in [0.1, 0.15) is 0 Å². The minimum absolute atomic E-state index is 0.138. The van der Waals surface area contributed by atoms with E-state index in [4.69, 9.17) is 32.5 Å². The third-order valence-electron chi connectivity index (χ3n) is 1.59. The number of halogens is 1. The summed E-state index contributed by atoms with van der Waals surface area (Å²) in [6.45, 7) is 1.82. The molecule has 1 atom stereocenters. The molecule has 4 nitrogen and oxygen atoms in total. The van der Waals surface area contributed by atoms with Crippen LogP contribution in [0.15, 0.2) is 22.7 Å². The Morgan fingerprint density at radius 2 is 1.92 bits per heavy atom. The Balaban J connectivity index is 4.87. The van der Waals surface area contributed by atoms with Gasteiger partial charge in [0.2, 0.25) is 0 Å². The Morgan fingerprint density at radius 3 is 2.23 bits per heavy atom. The summed E-state index contributed by atoms with van der Waals surface area (Å²) in [5.41, 5.74) is 11.5. The number of hydrogen-bond acceptors (Lipinski definition) is 4. The van der Waals surface area contributed by atoms with E-state index in [9.17, 15) is 0 Å². The Hall–Kier alpha value is -0.870. The molecule has 13 heavy (non-hydrogen) atoms. The van der Waals surface area contributed by atoms with Gasteiger partial charge in [0.15, 0.2) is 5.88 Å². The number of rotatable bonds is 4. The molecule has 0 aliphatic carbocycles. The molecule has 0 aromatic carbocycles. The molecule has 0 amide bonds. The van der Waals surface area contributed by atoms with Gasteiger partial charge in [-0.15, -0.1) is 0 Å². The smallest absolute Gasteiger partial charge is 0.189 e. The Morgan fingerprint density at radius 1 is 1.38 bits per heavy atom. The van der Waals surface area contributed by atoms with Crippen molar-refractivity contribution < 1.29 is 9.47 Å². The SMILES string of the molecule is CO/C(N)=C(/C=C(\N)Cl)C(C)OC. The highest BCUT2D eigenvalue weighted by atomic mass is 35.5. The maximum absolute atomic E-state index is 5.56. The largest absolute Gasteiger partial charge is 0.482 e. The molecule has 1 unspecified atom stereocenters. The molecule has 0 aliphatic rings. The zero-order valence-electron chi connectivity index (χ0n) is 8.00. The molecular formula is C8H15ClN2O2. The Bertz CT molecular complexity index is 222. The number of hydrogen-bond donors (Lipinski definition) is 2. The lowest BCUT2D eigenvalue weighted by Crippen LogP contribution is -2.15. The van der Waals surface area contributed by atoms with Gasteiger partial charge in [-0.1, -0.05) is 11.6 Å². The van der Waals surface area contributed by atoms with E-state index >= 15 is 0 Å². The highest BCUT2D eigenvalue weighted by Crippen LogP contribution is 2.13. The second-order valence-corrected chi connectivity index (χ2v) is 2.87. The fraction of sp³-hybridized carbons (Fsp3) is 0.500. The summed E-state index contributed by atoms with van der Waals surface area (Å²) in [6, 6.07) is 0. The molecule has 0 spiro atoms. The van der Waals surface area contributed by atoms with Crippen LogP contribution in [0.4, 0.5) is 0 Å². The molecule has 4 N–H and O–H groups in total. The predicted molar refractivity (Wildman–Crippen MR) is 52.8 cm³/mol. The summed E-state index contributed by atoms with van der Waals surface area (Å²) in [5.74, 6) is 0.248. The maximum atomic E-state index is 5.56. The molecule has 0 aromatic rings. The Labute approximate surface area is 83.1 Å².